The van der Waals surface area contributed by atoms with Gasteiger partial charge >= 0.3 is 11.9 Å². The van der Waals surface area contributed by atoms with E-state index in [-0.39, 0.29) is 18.0 Å². The molecule has 2 aliphatic rings. The second-order valence-corrected chi connectivity index (χ2v) is 7.23. The van der Waals surface area contributed by atoms with Crippen LogP contribution in [0.15, 0.2) is 54.1 Å². The van der Waals surface area contributed by atoms with Crippen LogP contribution in [0.3, 0.4) is 0 Å². The zero-order valence-corrected chi connectivity index (χ0v) is 15.9. The van der Waals surface area contributed by atoms with E-state index in [1.54, 1.807) is 42.5 Å². The Balaban J connectivity index is 1.54. The van der Waals surface area contributed by atoms with Gasteiger partial charge in [-0.3, -0.25) is 0 Å². The molecule has 0 atom stereocenters. The highest BCUT2D eigenvalue weighted by atomic mass is 19.1. The van der Waals surface area contributed by atoms with Crippen molar-refractivity contribution in [1.82, 2.24) is 0 Å². The minimum absolute atomic E-state index is 0.0187. The Kier molecular flexibility index (Phi) is 5.34. The molecule has 0 aromatic heterocycles. The molecule has 1 heterocycles. The first kappa shape index (κ1) is 19.2. The van der Waals surface area contributed by atoms with Crippen LogP contribution in [0.2, 0.25) is 0 Å². The number of rotatable bonds is 4. The molecular formula is C23H21FO5. The van der Waals surface area contributed by atoms with E-state index >= 15 is 0 Å². The molecule has 0 bridgehead atoms. The van der Waals surface area contributed by atoms with Crippen LogP contribution < -0.4 is 4.74 Å². The molecule has 1 saturated heterocycles. The summed E-state index contributed by atoms with van der Waals surface area (Å²) in [7, 11) is 0. The van der Waals surface area contributed by atoms with Gasteiger partial charge in [0.1, 0.15) is 23.7 Å². The number of carbonyl (C=O) groups excluding carboxylic acids is 2. The standard InChI is InChI=1S/C23H21FO5/c24-19-10-4-2-9-17(19)15-27-20-11-5-3-8-16(20)14-18-21(25)28-23(29-22(18)26)12-6-1-7-13-23/h2-5,8-11,14H,1,6-7,12-13,15H2. The van der Waals surface area contributed by atoms with E-state index in [9.17, 15) is 14.0 Å². The molecule has 0 radical (unpaired) electrons. The second kappa shape index (κ2) is 8.07. The van der Waals surface area contributed by atoms with Crippen molar-refractivity contribution < 1.29 is 28.2 Å². The molecule has 0 amide bonds. The third-order valence-electron chi connectivity index (χ3n) is 5.17. The summed E-state index contributed by atoms with van der Waals surface area (Å²) in [6.07, 6.45) is 5.20. The molecule has 0 unspecified atom stereocenters. The number of benzene rings is 2. The minimum atomic E-state index is -1.12. The number of ether oxygens (including phenoxy) is 3. The van der Waals surface area contributed by atoms with Crippen molar-refractivity contribution >= 4 is 18.0 Å². The summed E-state index contributed by atoms with van der Waals surface area (Å²) < 4.78 is 30.6. The summed E-state index contributed by atoms with van der Waals surface area (Å²) in [5.41, 5.74) is 0.737. The maximum absolute atomic E-state index is 13.8. The van der Waals surface area contributed by atoms with Gasteiger partial charge in [0, 0.05) is 24.0 Å². The monoisotopic (exact) mass is 396 g/mol. The van der Waals surface area contributed by atoms with Crippen LogP contribution in [0.25, 0.3) is 6.08 Å². The van der Waals surface area contributed by atoms with E-state index in [1.807, 2.05) is 0 Å². The number of esters is 2. The van der Waals surface area contributed by atoms with Crippen molar-refractivity contribution in [3.8, 4) is 5.75 Å². The highest BCUT2D eigenvalue weighted by molar-refractivity contribution is 6.19. The van der Waals surface area contributed by atoms with Crippen LogP contribution in [0.4, 0.5) is 4.39 Å². The topological polar surface area (TPSA) is 61.8 Å². The van der Waals surface area contributed by atoms with Crippen LogP contribution in [0.1, 0.15) is 43.2 Å². The van der Waals surface area contributed by atoms with Crippen molar-refractivity contribution in [2.75, 3.05) is 0 Å². The van der Waals surface area contributed by atoms with Gasteiger partial charge in [-0.05, 0) is 31.1 Å². The highest BCUT2D eigenvalue weighted by Crippen LogP contribution is 2.37. The Labute approximate surface area is 168 Å². The molecule has 1 spiro atoms. The van der Waals surface area contributed by atoms with Crippen molar-refractivity contribution in [2.24, 2.45) is 0 Å². The molecule has 5 nitrogen and oxygen atoms in total. The van der Waals surface area contributed by atoms with Gasteiger partial charge in [-0.15, -0.1) is 0 Å². The summed E-state index contributed by atoms with van der Waals surface area (Å²) in [6, 6.07) is 13.2. The smallest absolute Gasteiger partial charge is 0.348 e. The van der Waals surface area contributed by atoms with Crippen LogP contribution >= 0.6 is 0 Å². The molecular weight excluding hydrogens is 375 g/mol. The quantitative estimate of drug-likeness (QED) is 0.431. The summed E-state index contributed by atoms with van der Waals surface area (Å²) in [4.78, 5) is 25.1. The Hall–Kier alpha value is -3.15. The normalized spacial score (nSPS) is 18.2. The van der Waals surface area contributed by atoms with Crippen LogP contribution in [0.5, 0.6) is 5.75 Å². The third kappa shape index (κ3) is 4.16. The van der Waals surface area contributed by atoms with E-state index in [4.69, 9.17) is 14.2 Å². The van der Waals surface area contributed by atoms with Gasteiger partial charge in [-0.25, -0.2) is 14.0 Å². The Morgan fingerprint density at radius 1 is 0.931 bits per heavy atom. The maximum atomic E-state index is 13.8. The maximum Gasteiger partial charge on any atom is 0.348 e. The van der Waals surface area contributed by atoms with Crippen LogP contribution in [0, 0.1) is 5.82 Å². The minimum Gasteiger partial charge on any atom is -0.488 e. The van der Waals surface area contributed by atoms with Gasteiger partial charge in [0.25, 0.3) is 5.79 Å². The lowest BCUT2D eigenvalue weighted by Gasteiger charge is -2.38. The second-order valence-electron chi connectivity index (χ2n) is 7.23. The zero-order chi connectivity index (χ0) is 20.3. The van der Waals surface area contributed by atoms with E-state index in [2.05, 4.69) is 0 Å². The lowest BCUT2D eigenvalue weighted by atomic mass is 9.93. The van der Waals surface area contributed by atoms with Gasteiger partial charge in [-0.1, -0.05) is 42.8 Å². The van der Waals surface area contributed by atoms with Crippen molar-refractivity contribution in [2.45, 2.75) is 44.5 Å². The molecule has 0 N–H and O–H groups in total. The summed E-state index contributed by atoms with van der Waals surface area (Å²) in [6.45, 7) is 0.0187. The van der Waals surface area contributed by atoms with E-state index in [1.165, 1.54) is 12.1 Å². The van der Waals surface area contributed by atoms with Crippen LogP contribution in [-0.4, -0.2) is 17.7 Å². The van der Waals surface area contributed by atoms with Gasteiger partial charge in [0.2, 0.25) is 0 Å². The molecule has 2 aromatic rings. The van der Waals surface area contributed by atoms with E-state index in [0.717, 1.165) is 19.3 Å². The SMILES string of the molecule is O=C1OC2(CCCCC2)OC(=O)C1=Cc1ccccc1OCc1ccccc1F. The summed E-state index contributed by atoms with van der Waals surface area (Å²) in [5.74, 6) is -2.44. The fraction of sp³-hybridized carbons (Fsp3) is 0.304. The number of hydrogen-bond donors (Lipinski definition) is 0. The average Bonchev–Trinajstić information content (AvgIpc) is 2.71. The first-order valence-electron chi connectivity index (χ1n) is 9.70. The lowest BCUT2D eigenvalue weighted by molar-refractivity contribution is -0.244. The number of para-hydroxylation sites is 1. The Morgan fingerprint density at radius 2 is 1.59 bits per heavy atom. The molecule has 2 fully saturated rings. The molecule has 29 heavy (non-hydrogen) atoms. The average molecular weight is 396 g/mol. The van der Waals surface area contributed by atoms with Crippen molar-refractivity contribution in [1.29, 1.82) is 0 Å². The number of carbonyl (C=O) groups is 2. The molecule has 1 aliphatic heterocycles. The van der Waals surface area contributed by atoms with E-state index in [0.29, 0.717) is 29.7 Å². The van der Waals surface area contributed by atoms with Crippen LogP contribution in [-0.2, 0) is 25.7 Å². The van der Waals surface area contributed by atoms with Crippen molar-refractivity contribution in [3.05, 3.63) is 71.0 Å². The molecule has 6 heteroatoms. The molecule has 150 valence electrons. The number of halogens is 1. The predicted octanol–water partition coefficient (Wildman–Crippen LogP) is 4.55. The summed E-state index contributed by atoms with van der Waals surface area (Å²) in [5, 5.41) is 0. The number of hydrogen-bond acceptors (Lipinski definition) is 5. The molecule has 4 rings (SSSR count). The fourth-order valence-electron chi connectivity index (χ4n) is 3.62. The Bertz CT molecular complexity index is 937. The van der Waals surface area contributed by atoms with Gasteiger partial charge in [0.15, 0.2) is 0 Å². The fourth-order valence-corrected chi connectivity index (χ4v) is 3.62. The van der Waals surface area contributed by atoms with E-state index < -0.39 is 17.7 Å². The van der Waals surface area contributed by atoms with Gasteiger partial charge < -0.3 is 14.2 Å². The highest BCUT2D eigenvalue weighted by Gasteiger charge is 2.46. The predicted molar refractivity (Wildman–Crippen MR) is 103 cm³/mol. The zero-order valence-electron chi connectivity index (χ0n) is 15.9. The van der Waals surface area contributed by atoms with Gasteiger partial charge in [-0.2, -0.15) is 0 Å². The van der Waals surface area contributed by atoms with Crippen molar-refractivity contribution in [3.63, 3.8) is 0 Å². The summed E-state index contributed by atoms with van der Waals surface area (Å²) >= 11 is 0. The third-order valence-corrected chi connectivity index (χ3v) is 5.17. The lowest BCUT2D eigenvalue weighted by Crippen LogP contribution is -2.47. The largest absolute Gasteiger partial charge is 0.488 e. The molecule has 1 saturated carbocycles. The Morgan fingerprint density at radius 3 is 2.31 bits per heavy atom. The molecule has 2 aromatic carbocycles. The first-order valence-corrected chi connectivity index (χ1v) is 9.70. The van der Waals surface area contributed by atoms with Gasteiger partial charge in [0.05, 0.1) is 0 Å². The molecule has 1 aliphatic carbocycles. The first-order chi connectivity index (χ1) is 14.1.